The van der Waals surface area contributed by atoms with Gasteiger partial charge >= 0.3 is 0 Å². The average Bonchev–Trinajstić information content (AvgIpc) is 2.89. The van der Waals surface area contributed by atoms with E-state index in [4.69, 9.17) is 15.3 Å². The molecule has 2 aromatic rings. The van der Waals surface area contributed by atoms with Gasteiger partial charge in [-0.3, -0.25) is 0 Å². The summed E-state index contributed by atoms with van der Waals surface area (Å²) in [5.74, 6) is 1.22. The second-order valence-electron chi connectivity index (χ2n) is 6.86. The van der Waals surface area contributed by atoms with E-state index >= 15 is 0 Å². The summed E-state index contributed by atoms with van der Waals surface area (Å²) in [5, 5.41) is 2.00. The van der Waals surface area contributed by atoms with Crippen molar-refractivity contribution in [2.75, 3.05) is 12.8 Å². The molecule has 0 fully saturated rings. The number of hydrogen-bond donors (Lipinski definition) is 1. The fourth-order valence-corrected chi connectivity index (χ4v) is 3.16. The molecule has 1 atom stereocenters. The fraction of sp³-hybridized carbons (Fsp3) is 0.389. The minimum atomic E-state index is -0.00359. The van der Waals surface area contributed by atoms with Crippen LogP contribution in [0.1, 0.15) is 37.9 Å². The number of fused-ring (bicyclic) bond motifs is 1. The van der Waals surface area contributed by atoms with Gasteiger partial charge in [0.05, 0.1) is 25.4 Å². The number of pyridine rings is 1. The zero-order valence-corrected chi connectivity index (χ0v) is 14.0. The van der Waals surface area contributed by atoms with Gasteiger partial charge in [0.25, 0.3) is 0 Å². The first-order valence-corrected chi connectivity index (χ1v) is 7.72. The van der Waals surface area contributed by atoms with Crippen LogP contribution in [0.4, 0.5) is 5.69 Å². The van der Waals surface area contributed by atoms with Crippen molar-refractivity contribution in [2.24, 2.45) is 5.41 Å². The van der Waals surface area contributed by atoms with E-state index < -0.39 is 0 Å². The second-order valence-corrected chi connectivity index (χ2v) is 6.86. The molecule has 0 bridgehead atoms. The lowest BCUT2D eigenvalue weighted by Crippen LogP contribution is -2.31. The van der Waals surface area contributed by atoms with Gasteiger partial charge in [0.2, 0.25) is 5.88 Å². The van der Waals surface area contributed by atoms with Gasteiger partial charge in [0.15, 0.2) is 0 Å². The maximum absolute atomic E-state index is 6.05. The molecule has 2 N–H and O–H groups in total. The Kier molecular flexibility index (Phi) is 4.00. The Morgan fingerprint density at radius 3 is 2.65 bits per heavy atom. The van der Waals surface area contributed by atoms with Crippen molar-refractivity contribution in [1.29, 1.82) is 0 Å². The number of hydroxylamine groups is 2. The SMILES string of the molecule is CON1Cc2cccc(Oc3ncccc3N)c2C1C(C)(C)C. The Morgan fingerprint density at radius 1 is 1.22 bits per heavy atom. The number of nitrogens with zero attached hydrogens (tertiary/aromatic N) is 2. The lowest BCUT2D eigenvalue weighted by atomic mass is 9.82. The fourth-order valence-electron chi connectivity index (χ4n) is 3.16. The third-order valence-corrected chi connectivity index (χ3v) is 4.11. The molecule has 1 aliphatic rings. The molecule has 1 aromatic heterocycles. The lowest BCUT2D eigenvalue weighted by Gasteiger charge is -2.34. The molecule has 0 saturated carbocycles. The number of ether oxygens (including phenoxy) is 1. The first-order chi connectivity index (χ1) is 10.9. The topological polar surface area (TPSA) is 60.6 Å². The summed E-state index contributed by atoms with van der Waals surface area (Å²) >= 11 is 0. The summed E-state index contributed by atoms with van der Waals surface area (Å²) in [6.45, 7) is 7.34. The van der Waals surface area contributed by atoms with Crippen molar-refractivity contribution in [3.63, 3.8) is 0 Å². The molecule has 0 amide bonds. The molecule has 2 heterocycles. The predicted molar refractivity (Wildman–Crippen MR) is 89.9 cm³/mol. The Balaban J connectivity index is 2.06. The number of anilines is 1. The van der Waals surface area contributed by atoms with E-state index in [0.29, 0.717) is 11.6 Å². The van der Waals surface area contributed by atoms with Gasteiger partial charge in [0.1, 0.15) is 5.75 Å². The summed E-state index contributed by atoms with van der Waals surface area (Å²) in [4.78, 5) is 9.83. The molecule has 0 spiro atoms. The van der Waals surface area contributed by atoms with Crippen LogP contribution in [0.15, 0.2) is 36.5 Å². The Bertz CT molecular complexity index is 710. The van der Waals surface area contributed by atoms with Crippen LogP contribution >= 0.6 is 0 Å². The molecule has 122 valence electrons. The van der Waals surface area contributed by atoms with Gasteiger partial charge in [-0.05, 0) is 29.2 Å². The molecule has 5 heteroatoms. The van der Waals surface area contributed by atoms with Crippen LogP contribution < -0.4 is 10.5 Å². The van der Waals surface area contributed by atoms with Crippen molar-refractivity contribution >= 4 is 5.69 Å². The van der Waals surface area contributed by atoms with Gasteiger partial charge in [0, 0.05) is 11.8 Å². The van der Waals surface area contributed by atoms with Gasteiger partial charge in [-0.1, -0.05) is 32.9 Å². The highest BCUT2D eigenvalue weighted by atomic mass is 16.7. The minimum Gasteiger partial charge on any atom is -0.437 e. The molecular formula is C18H23N3O2. The van der Waals surface area contributed by atoms with Crippen LogP contribution in [0, 0.1) is 5.41 Å². The number of benzene rings is 1. The number of rotatable bonds is 3. The van der Waals surface area contributed by atoms with E-state index in [1.807, 2.05) is 17.2 Å². The van der Waals surface area contributed by atoms with E-state index in [9.17, 15) is 0 Å². The number of aromatic nitrogens is 1. The van der Waals surface area contributed by atoms with Crippen LogP contribution in [0.25, 0.3) is 0 Å². The highest BCUT2D eigenvalue weighted by molar-refractivity contribution is 5.52. The predicted octanol–water partition coefficient (Wildman–Crippen LogP) is 3.92. The minimum absolute atomic E-state index is 0.00359. The Morgan fingerprint density at radius 2 is 2.00 bits per heavy atom. The molecule has 3 rings (SSSR count). The van der Waals surface area contributed by atoms with Crippen LogP contribution in [0.3, 0.4) is 0 Å². The van der Waals surface area contributed by atoms with E-state index in [2.05, 4.69) is 31.8 Å². The highest BCUT2D eigenvalue weighted by Crippen LogP contribution is 2.49. The van der Waals surface area contributed by atoms with Crippen LogP contribution in [-0.2, 0) is 11.4 Å². The first-order valence-electron chi connectivity index (χ1n) is 7.72. The highest BCUT2D eigenvalue weighted by Gasteiger charge is 2.41. The molecule has 1 aromatic carbocycles. The smallest absolute Gasteiger partial charge is 0.242 e. The molecular weight excluding hydrogens is 290 g/mol. The number of nitrogen functional groups attached to an aromatic ring is 1. The second kappa shape index (κ2) is 5.83. The summed E-state index contributed by atoms with van der Waals surface area (Å²) in [6, 6.07) is 9.75. The van der Waals surface area contributed by atoms with Crippen LogP contribution in [-0.4, -0.2) is 17.2 Å². The van der Waals surface area contributed by atoms with Gasteiger partial charge in [-0.15, -0.1) is 0 Å². The zero-order valence-electron chi connectivity index (χ0n) is 14.0. The maximum Gasteiger partial charge on any atom is 0.242 e. The third-order valence-electron chi connectivity index (χ3n) is 4.11. The van der Waals surface area contributed by atoms with E-state index in [1.165, 1.54) is 5.56 Å². The van der Waals surface area contributed by atoms with Crippen LogP contribution in [0.2, 0.25) is 0 Å². The van der Waals surface area contributed by atoms with Crippen molar-refractivity contribution in [3.8, 4) is 11.6 Å². The molecule has 0 radical (unpaired) electrons. The zero-order chi connectivity index (χ0) is 16.6. The Labute approximate surface area is 137 Å². The first kappa shape index (κ1) is 15.8. The van der Waals surface area contributed by atoms with Crippen molar-refractivity contribution in [2.45, 2.75) is 33.4 Å². The van der Waals surface area contributed by atoms with Crippen molar-refractivity contribution in [1.82, 2.24) is 10.0 Å². The van der Waals surface area contributed by atoms with Crippen LogP contribution in [0.5, 0.6) is 11.6 Å². The van der Waals surface area contributed by atoms with Gasteiger partial charge < -0.3 is 15.3 Å². The van der Waals surface area contributed by atoms with E-state index in [1.54, 1.807) is 25.4 Å². The molecule has 1 unspecified atom stereocenters. The quantitative estimate of drug-likeness (QED) is 0.930. The standard InChI is InChI=1S/C18H23N3O2/c1-18(2,3)16-15-12(11-21(16)22-4)7-5-9-14(15)23-17-13(19)8-6-10-20-17/h5-10,16H,11,19H2,1-4H3. The third kappa shape index (κ3) is 2.90. The molecule has 0 aliphatic carbocycles. The van der Waals surface area contributed by atoms with E-state index in [-0.39, 0.29) is 11.5 Å². The van der Waals surface area contributed by atoms with Gasteiger partial charge in [-0.2, -0.15) is 5.06 Å². The van der Waals surface area contributed by atoms with Crippen molar-refractivity contribution in [3.05, 3.63) is 47.7 Å². The maximum atomic E-state index is 6.05. The molecule has 23 heavy (non-hydrogen) atoms. The summed E-state index contributed by atoms with van der Waals surface area (Å²) in [6.07, 6.45) is 1.68. The monoisotopic (exact) mass is 313 g/mol. The molecule has 5 nitrogen and oxygen atoms in total. The normalized spacial score (nSPS) is 18.0. The van der Waals surface area contributed by atoms with E-state index in [0.717, 1.165) is 17.9 Å². The van der Waals surface area contributed by atoms with Gasteiger partial charge in [-0.25, -0.2) is 4.98 Å². The average molecular weight is 313 g/mol. The summed E-state index contributed by atoms with van der Waals surface area (Å²) in [7, 11) is 1.71. The summed E-state index contributed by atoms with van der Waals surface area (Å²) < 4.78 is 6.05. The number of nitrogens with two attached hydrogens (primary N) is 1. The van der Waals surface area contributed by atoms with Crippen molar-refractivity contribution < 1.29 is 9.57 Å². The molecule has 0 saturated heterocycles. The molecule has 1 aliphatic heterocycles. The largest absolute Gasteiger partial charge is 0.437 e. The summed E-state index contributed by atoms with van der Waals surface area (Å²) in [5.41, 5.74) is 8.84. The number of hydrogen-bond acceptors (Lipinski definition) is 5. The Hall–Kier alpha value is -2.11. The lowest BCUT2D eigenvalue weighted by molar-refractivity contribution is -0.183.